The Morgan fingerprint density at radius 3 is 2.45 bits per heavy atom. The molecule has 2 fully saturated rings. The average molecular weight is 609 g/mol. The van der Waals surface area contributed by atoms with Crippen molar-refractivity contribution in [2.75, 3.05) is 33.3 Å². The lowest BCUT2D eigenvalue weighted by Gasteiger charge is -2.36. The molecule has 2 aliphatic heterocycles. The number of hydrazine groups is 1. The molecule has 0 aromatic carbocycles. The Hall–Kier alpha value is -2.93. The quantitative estimate of drug-likeness (QED) is 0.0818. The van der Waals surface area contributed by atoms with E-state index in [1.54, 1.807) is 25.8 Å². The first-order valence-electron chi connectivity index (χ1n) is 14.6. The van der Waals surface area contributed by atoms with Crippen LogP contribution in [0.4, 0.5) is 0 Å². The summed E-state index contributed by atoms with van der Waals surface area (Å²) in [5.41, 5.74) is 2.78. The molecule has 0 unspecified atom stereocenters. The standard InChI is InChI=1S/C29H48N6O6S/c1-8-23(36)34-14-12-19(16-34)26(38)33(7)24(18(3)4)25(37)31-21(15-22(30)42)27(39)35-13-10-11-20(32-35)28(40)41-17-29(5,6)9-2/h8,18-21,24,32H,1,9-17H2,2-7H3,(H2,30,42)(H,31,37)/t19-,20-,21-,24-/m0/s1. The van der Waals surface area contributed by atoms with E-state index < -0.39 is 41.8 Å². The Morgan fingerprint density at radius 2 is 1.88 bits per heavy atom. The lowest BCUT2D eigenvalue weighted by atomic mass is 9.92. The van der Waals surface area contributed by atoms with Gasteiger partial charge in [-0.15, -0.1) is 12.6 Å². The Morgan fingerprint density at radius 1 is 1.21 bits per heavy atom. The van der Waals surface area contributed by atoms with Crippen LogP contribution >= 0.6 is 12.6 Å². The zero-order valence-corrected chi connectivity index (χ0v) is 26.7. The number of hydrogen-bond acceptors (Lipinski definition) is 8. The molecule has 0 saturated carbocycles. The minimum absolute atomic E-state index is 0.105. The van der Waals surface area contributed by atoms with Crippen molar-refractivity contribution in [3.63, 3.8) is 0 Å². The number of amides is 4. The van der Waals surface area contributed by atoms with Gasteiger partial charge in [-0.2, -0.15) is 0 Å². The highest BCUT2D eigenvalue weighted by molar-refractivity contribution is 7.96. The smallest absolute Gasteiger partial charge is 0.324 e. The maximum atomic E-state index is 13.6. The summed E-state index contributed by atoms with van der Waals surface area (Å²) in [4.78, 5) is 68.1. The number of thiol groups is 1. The summed E-state index contributed by atoms with van der Waals surface area (Å²) in [5, 5.41) is 11.8. The van der Waals surface area contributed by atoms with Crippen molar-refractivity contribution in [1.82, 2.24) is 25.6 Å². The van der Waals surface area contributed by atoms with Gasteiger partial charge < -0.3 is 19.9 Å². The van der Waals surface area contributed by atoms with Crippen molar-refractivity contribution in [3.8, 4) is 0 Å². The zero-order chi connectivity index (χ0) is 31.8. The molecule has 0 aromatic heterocycles. The molecule has 42 heavy (non-hydrogen) atoms. The molecule has 0 radical (unpaired) electrons. The molecular formula is C29H48N6O6S. The van der Waals surface area contributed by atoms with Crippen molar-refractivity contribution in [2.45, 2.75) is 84.8 Å². The van der Waals surface area contributed by atoms with Gasteiger partial charge in [0.05, 0.1) is 17.6 Å². The molecule has 0 bridgehead atoms. The highest BCUT2D eigenvalue weighted by Crippen LogP contribution is 2.23. The van der Waals surface area contributed by atoms with E-state index in [0.29, 0.717) is 32.4 Å². The number of nitrogens with zero attached hydrogens (tertiary/aromatic N) is 3. The summed E-state index contributed by atoms with van der Waals surface area (Å²) >= 11 is 4.05. The number of esters is 1. The van der Waals surface area contributed by atoms with Crippen LogP contribution in [0.5, 0.6) is 0 Å². The van der Waals surface area contributed by atoms with Gasteiger partial charge in [0.15, 0.2) is 0 Å². The molecule has 12 nitrogen and oxygen atoms in total. The van der Waals surface area contributed by atoms with Gasteiger partial charge in [-0.3, -0.25) is 34.4 Å². The summed E-state index contributed by atoms with van der Waals surface area (Å²) in [7, 11) is 1.55. The maximum absolute atomic E-state index is 13.6. The first kappa shape index (κ1) is 35.3. The van der Waals surface area contributed by atoms with E-state index in [4.69, 9.17) is 10.1 Å². The summed E-state index contributed by atoms with van der Waals surface area (Å²) in [6.45, 7) is 14.4. The molecule has 4 atom stereocenters. The highest BCUT2D eigenvalue weighted by atomic mass is 32.1. The number of rotatable bonds is 13. The molecule has 3 N–H and O–H groups in total. The third kappa shape index (κ3) is 9.55. The van der Waals surface area contributed by atoms with Crippen LogP contribution in [0.25, 0.3) is 0 Å². The monoisotopic (exact) mass is 608 g/mol. The SMILES string of the molecule is C=CC(=O)N1CC[C@H](C(=O)N(C)[C@H](C(=O)N[C@@H](CC(=N)S)C(=O)N2CCC[C@@H](C(=O)OCC(C)(C)CC)N2)C(C)C)C1. The van der Waals surface area contributed by atoms with Crippen LogP contribution in [0.1, 0.15) is 66.7 Å². The molecule has 2 aliphatic rings. The molecule has 0 aromatic rings. The highest BCUT2D eigenvalue weighted by Gasteiger charge is 2.39. The summed E-state index contributed by atoms with van der Waals surface area (Å²) in [5.74, 6) is -2.76. The third-order valence-corrected chi connectivity index (χ3v) is 8.18. The fraction of sp³-hybridized carbons (Fsp3) is 0.724. The van der Waals surface area contributed by atoms with Gasteiger partial charge >= 0.3 is 5.97 Å². The fourth-order valence-electron chi connectivity index (χ4n) is 5.06. The molecule has 4 amide bonds. The fourth-order valence-corrected chi connectivity index (χ4v) is 5.25. The molecule has 0 aliphatic carbocycles. The lowest BCUT2D eigenvalue weighted by molar-refractivity contribution is -0.155. The molecule has 2 saturated heterocycles. The average Bonchev–Trinajstić information content (AvgIpc) is 3.44. The van der Waals surface area contributed by atoms with Crippen molar-refractivity contribution in [1.29, 1.82) is 5.41 Å². The van der Waals surface area contributed by atoms with Crippen LogP contribution < -0.4 is 10.7 Å². The van der Waals surface area contributed by atoms with E-state index in [-0.39, 0.29) is 47.8 Å². The number of hydrogen-bond donors (Lipinski definition) is 4. The molecule has 2 rings (SSSR count). The second kappa shape index (κ2) is 15.5. The molecule has 13 heteroatoms. The second-order valence-corrected chi connectivity index (χ2v) is 12.8. The van der Waals surface area contributed by atoms with Gasteiger partial charge in [-0.05, 0) is 43.1 Å². The molecule has 236 valence electrons. The van der Waals surface area contributed by atoms with Gasteiger partial charge in [-0.1, -0.05) is 41.2 Å². The Balaban J connectivity index is 2.12. The molecule has 0 spiro atoms. The van der Waals surface area contributed by atoms with Gasteiger partial charge in [0.1, 0.15) is 18.1 Å². The number of nitrogens with one attached hydrogen (secondary N) is 3. The number of ether oxygens (including phenoxy) is 1. The van der Waals surface area contributed by atoms with E-state index in [0.717, 1.165) is 6.42 Å². The van der Waals surface area contributed by atoms with Gasteiger partial charge in [-0.25, -0.2) is 5.43 Å². The summed E-state index contributed by atoms with van der Waals surface area (Å²) in [6.07, 6.45) is 3.42. The Labute approximate surface area is 254 Å². The molecular weight excluding hydrogens is 560 g/mol. The third-order valence-electron chi connectivity index (χ3n) is 8.00. The maximum Gasteiger partial charge on any atom is 0.324 e. The number of likely N-dealkylation sites (tertiary alicyclic amines) is 1. The van der Waals surface area contributed by atoms with Crippen molar-refractivity contribution >= 4 is 47.3 Å². The summed E-state index contributed by atoms with van der Waals surface area (Å²) < 4.78 is 5.51. The predicted molar refractivity (Wildman–Crippen MR) is 162 cm³/mol. The van der Waals surface area contributed by atoms with E-state index in [9.17, 15) is 24.0 Å². The zero-order valence-electron chi connectivity index (χ0n) is 25.8. The molecule has 2 heterocycles. The summed E-state index contributed by atoms with van der Waals surface area (Å²) in [6, 6.07) is -2.75. The number of likely N-dealkylation sites (N-methyl/N-ethyl adjacent to an activating group) is 1. The van der Waals surface area contributed by atoms with E-state index in [1.807, 2.05) is 20.8 Å². The predicted octanol–water partition coefficient (Wildman–Crippen LogP) is 1.76. The second-order valence-electron chi connectivity index (χ2n) is 12.3. The largest absolute Gasteiger partial charge is 0.464 e. The minimum Gasteiger partial charge on any atom is -0.464 e. The van der Waals surface area contributed by atoms with Crippen molar-refractivity contribution in [3.05, 3.63) is 12.7 Å². The van der Waals surface area contributed by atoms with Crippen molar-refractivity contribution in [2.24, 2.45) is 17.3 Å². The number of carbonyl (C=O) groups is 5. The van der Waals surface area contributed by atoms with Crippen LogP contribution in [0.3, 0.4) is 0 Å². The van der Waals surface area contributed by atoms with Crippen LogP contribution in [0.2, 0.25) is 0 Å². The first-order valence-corrected chi connectivity index (χ1v) is 15.1. The van der Waals surface area contributed by atoms with E-state index in [1.165, 1.54) is 16.0 Å². The van der Waals surface area contributed by atoms with Gasteiger partial charge in [0.25, 0.3) is 5.91 Å². The normalized spacial score (nSPS) is 20.5. The van der Waals surface area contributed by atoms with Crippen LogP contribution in [0.15, 0.2) is 12.7 Å². The van der Waals surface area contributed by atoms with Crippen LogP contribution in [-0.4, -0.2) is 101 Å². The Bertz CT molecular complexity index is 1050. The Kier molecular flexibility index (Phi) is 13.0. The topological polar surface area (TPSA) is 152 Å². The van der Waals surface area contributed by atoms with Crippen molar-refractivity contribution < 1.29 is 28.7 Å². The number of carbonyl (C=O) groups excluding carboxylic acids is 5. The lowest BCUT2D eigenvalue weighted by Crippen LogP contribution is -2.62. The van der Waals surface area contributed by atoms with Crippen LogP contribution in [-0.2, 0) is 28.7 Å². The van der Waals surface area contributed by atoms with Gasteiger partial charge in [0, 0.05) is 33.1 Å². The van der Waals surface area contributed by atoms with Gasteiger partial charge in [0.2, 0.25) is 17.7 Å². The van der Waals surface area contributed by atoms with Crippen LogP contribution in [0, 0.1) is 22.7 Å². The first-order chi connectivity index (χ1) is 19.6. The van der Waals surface area contributed by atoms with E-state index >= 15 is 0 Å². The minimum atomic E-state index is -1.14. The van der Waals surface area contributed by atoms with E-state index in [2.05, 4.69) is 30.0 Å².